The van der Waals surface area contributed by atoms with E-state index in [0.29, 0.717) is 13.0 Å². The zero-order chi connectivity index (χ0) is 13.1. The number of hydrogen-bond acceptors (Lipinski definition) is 3. The van der Waals surface area contributed by atoms with Crippen molar-refractivity contribution in [2.24, 2.45) is 5.73 Å². The molecule has 0 aliphatic carbocycles. The van der Waals surface area contributed by atoms with Crippen LogP contribution in [-0.2, 0) is 4.79 Å². The van der Waals surface area contributed by atoms with Crippen molar-refractivity contribution in [2.75, 3.05) is 6.54 Å². The van der Waals surface area contributed by atoms with Gasteiger partial charge in [0, 0.05) is 24.4 Å². The van der Waals surface area contributed by atoms with Crippen molar-refractivity contribution in [1.29, 1.82) is 0 Å². The van der Waals surface area contributed by atoms with Gasteiger partial charge in [-0.1, -0.05) is 0 Å². The van der Waals surface area contributed by atoms with Crippen molar-refractivity contribution < 1.29 is 14.0 Å². The minimum Gasteiger partial charge on any atom is -0.368 e. The third kappa shape index (κ3) is 2.47. The maximum Gasteiger partial charge on any atom is 0.254 e. The zero-order valence-corrected chi connectivity index (χ0v) is 9.80. The number of amides is 2. The number of carbonyl (C=O) groups excluding carboxylic acids is 2. The van der Waals surface area contributed by atoms with Gasteiger partial charge in [-0.2, -0.15) is 4.39 Å². The van der Waals surface area contributed by atoms with Crippen molar-refractivity contribution >= 4 is 11.8 Å². The highest BCUT2D eigenvalue weighted by atomic mass is 19.1. The third-order valence-corrected chi connectivity index (χ3v) is 3.07. The second-order valence-electron chi connectivity index (χ2n) is 4.28. The van der Waals surface area contributed by atoms with Crippen LogP contribution < -0.4 is 5.73 Å². The van der Waals surface area contributed by atoms with E-state index in [1.54, 1.807) is 0 Å². The molecule has 1 aromatic rings. The Balaban J connectivity index is 2.23. The number of nitrogens with two attached hydrogens (primary N) is 1. The van der Waals surface area contributed by atoms with Crippen LogP contribution in [0, 0.1) is 5.95 Å². The number of nitrogens with zero attached hydrogens (tertiary/aromatic N) is 2. The molecule has 96 valence electrons. The summed E-state index contributed by atoms with van der Waals surface area (Å²) in [5.74, 6) is -1.61. The molecule has 18 heavy (non-hydrogen) atoms. The topological polar surface area (TPSA) is 76.3 Å². The van der Waals surface area contributed by atoms with Gasteiger partial charge in [0.15, 0.2) is 0 Å². The molecule has 2 rings (SSSR count). The predicted molar refractivity (Wildman–Crippen MR) is 62.1 cm³/mol. The molecule has 1 unspecified atom stereocenters. The van der Waals surface area contributed by atoms with E-state index < -0.39 is 17.9 Å². The molecular weight excluding hydrogens is 237 g/mol. The summed E-state index contributed by atoms with van der Waals surface area (Å²) in [4.78, 5) is 28.3. The summed E-state index contributed by atoms with van der Waals surface area (Å²) in [7, 11) is 0. The zero-order valence-electron chi connectivity index (χ0n) is 9.80. The van der Waals surface area contributed by atoms with Gasteiger partial charge in [-0.05, 0) is 25.3 Å². The van der Waals surface area contributed by atoms with Gasteiger partial charge >= 0.3 is 0 Å². The summed E-state index contributed by atoms with van der Waals surface area (Å²) >= 11 is 0. The van der Waals surface area contributed by atoms with Crippen LogP contribution in [0.5, 0.6) is 0 Å². The van der Waals surface area contributed by atoms with Crippen LogP contribution in [-0.4, -0.2) is 34.3 Å². The molecule has 1 aliphatic heterocycles. The standard InChI is InChI=1S/C12H14FN3O2/c13-10-7-8(4-5-15-10)12(18)16-6-2-1-3-9(16)11(14)17/h4-5,7,9H,1-3,6H2,(H2,14,17). The second-order valence-corrected chi connectivity index (χ2v) is 4.28. The van der Waals surface area contributed by atoms with Crippen LogP contribution in [0.15, 0.2) is 18.3 Å². The van der Waals surface area contributed by atoms with Gasteiger partial charge in [0.25, 0.3) is 5.91 Å². The Hall–Kier alpha value is -1.98. The summed E-state index contributed by atoms with van der Waals surface area (Å²) in [5.41, 5.74) is 5.47. The van der Waals surface area contributed by atoms with Gasteiger partial charge in [0.1, 0.15) is 6.04 Å². The molecule has 2 amide bonds. The highest BCUT2D eigenvalue weighted by molar-refractivity contribution is 5.97. The van der Waals surface area contributed by atoms with Crippen molar-refractivity contribution in [2.45, 2.75) is 25.3 Å². The fourth-order valence-corrected chi connectivity index (χ4v) is 2.17. The normalized spacial score (nSPS) is 19.6. The van der Waals surface area contributed by atoms with Gasteiger partial charge < -0.3 is 10.6 Å². The van der Waals surface area contributed by atoms with Gasteiger partial charge in [-0.25, -0.2) is 4.98 Å². The summed E-state index contributed by atoms with van der Waals surface area (Å²) < 4.78 is 13.0. The highest BCUT2D eigenvalue weighted by Gasteiger charge is 2.31. The summed E-state index contributed by atoms with van der Waals surface area (Å²) in [6.07, 6.45) is 3.48. The lowest BCUT2D eigenvalue weighted by Gasteiger charge is -2.33. The smallest absolute Gasteiger partial charge is 0.254 e. The molecule has 0 spiro atoms. The molecular formula is C12H14FN3O2. The average Bonchev–Trinajstić information content (AvgIpc) is 2.38. The van der Waals surface area contributed by atoms with E-state index in [4.69, 9.17) is 5.73 Å². The van der Waals surface area contributed by atoms with E-state index in [2.05, 4.69) is 4.98 Å². The predicted octanol–water partition coefficient (Wildman–Crippen LogP) is 0.701. The molecule has 1 aromatic heterocycles. The molecule has 1 aliphatic rings. The van der Waals surface area contributed by atoms with E-state index >= 15 is 0 Å². The van der Waals surface area contributed by atoms with E-state index in [0.717, 1.165) is 18.9 Å². The van der Waals surface area contributed by atoms with Gasteiger partial charge in [-0.15, -0.1) is 0 Å². The maximum absolute atomic E-state index is 13.0. The van der Waals surface area contributed by atoms with Gasteiger partial charge in [-0.3, -0.25) is 9.59 Å². The Morgan fingerprint density at radius 2 is 2.22 bits per heavy atom. The largest absolute Gasteiger partial charge is 0.368 e. The summed E-state index contributed by atoms with van der Waals surface area (Å²) in [6.45, 7) is 0.469. The Bertz CT molecular complexity index is 478. The van der Waals surface area contributed by atoms with Crippen LogP contribution in [0.4, 0.5) is 4.39 Å². The fourth-order valence-electron chi connectivity index (χ4n) is 2.17. The van der Waals surface area contributed by atoms with Gasteiger partial charge in [0.05, 0.1) is 0 Å². The van der Waals surface area contributed by atoms with Crippen molar-refractivity contribution in [3.63, 3.8) is 0 Å². The Morgan fingerprint density at radius 3 is 2.89 bits per heavy atom. The summed E-state index contributed by atoms with van der Waals surface area (Å²) in [6, 6.07) is 1.90. The number of hydrogen-bond donors (Lipinski definition) is 1. The van der Waals surface area contributed by atoms with Crippen LogP contribution in [0.1, 0.15) is 29.6 Å². The highest BCUT2D eigenvalue weighted by Crippen LogP contribution is 2.19. The minimum atomic E-state index is -0.714. The minimum absolute atomic E-state index is 0.190. The Kier molecular flexibility index (Phi) is 3.55. The van der Waals surface area contributed by atoms with Gasteiger partial charge in [0.2, 0.25) is 11.9 Å². The lowest BCUT2D eigenvalue weighted by molar-refractivity contribution is -0.123. The first-order valence-electron chi connectivity index (χ1n) is 5.81. The Morgan fingerprint density at radius 1 is 1.44 bits per heavy atom. The van der Waals surface area contributed by atoms with E-state index in [-0.39, 0.29) is 11.5 Å². The van der Waals surface area contributed by atoms with Crippen molar-refractivity contribution in [3.8, 4) is 0 Å². The van der Waals surface area contributed by atoms with Crippen LogP contribution in [0.2, 0.25) is 0 Å². The fraction of sp³-hybridized carbons (Fsp3) is 0.417. The quantitative estimate of drug-likeness (QED) is 0.786. The molecule has 6 heteroatoms. The number of carbonyl (C=O) groups is 2. The molecule has 1 saturated heterocycles. The lowest BCUT2D eigenvalue weighted by Crippen LogP contribution is -2.50. The van der Waals surface area contributed by atoms with Crippen LogP contribution >= 0.6 is 0 Å². The van der Waals surface area contributed by atoms with Crippen molar-refractivity contribution in [3.05, 3.63) is 29.8 Å². The lowest BCUT2D eigenvalue weighted by atomic mass is 10.0. The van der Waals surface area contributed by atoms with E-state index in [1.165, 1.54) is 17.2 Å². The number of halogens is 1. The molecule has 0 radical (unpaired) electrons. The second kappa shape index (κ2) is 5.12. The Labute approximate surface area is 104 Å². The number of primary amides is 1. The SMILES string of the molecule is NC(=O)C1CCCCN1C(=O)c1ccnc(F)c1. The first-order valence-corrected chi connectivity index (χ1v) is 5.81. The maximum atomic E-state index is 13.0. The average molecular weight is 251 g/mol. The molecule has 1 fully saturated rings. The van der Waals surface area contributed by atoms with Crippen molar-refractivity contribution in [1.82, 2.24) is 9.88 Å². The number of likely N-dealkylation sites (tertiary alicyclic amines) is 1. The molecule has 5 nitrogen and oxygen atoms in total. The van der Waals surface area contributed by atoms with E-state index in [9.17, 15) is 14.0 Å². The third-order valence-electron chi connectivity index (χ3n) is 3.07. The summed E-state index contributed by atoms with van der Waals surface area (Å²) in [5, 5.41) is 0. The molecule has 0 aromatic carbocycles. The molecule has 2 N–H and O–H groups in total. The molecule has 0 saturated carbocycles. The number of piperidine rings is 1. The molecule has 2 heterocycles. The molecule has 1 atom stereocenters. The van der Waals surface area contributed by atoms with Crippen LogP contribution in [0.25, 0.3) is 0 Å². The number of aromatic nitrogens is 1. The first-order chi connectivity index (χ1) is 8.59. The number of pyridine rings is 1. The molecule has 0 bridgehead atoms. The monoisotopic (exact) mass is 251 g/mol. The van der Waals surface area contributed by atoms with Crippen LogP contribution in [0.3, 0.4) is 0 Å². The number of rotatable bonds is 2. The van der Waals surface area contributed by atoms with E-state index in [1.807, 2.05) is 0 Å². The first kappa shape index (κ1) is 12.5.